The molecule has 6 heteroatoms. The molecule has 4 nitrogen and oxygen atoms in total. The van der Waals surface area contributed by atoms with Crippen molar-refractivity contribution in [2.24, 2.45) is 0 Å². The lowest BCUT2D eigenvalue weighted by molar-refractivity contribution is -0.125. The molecule has 112 valence electrons. The van der Waals surface area contributed by atoms with Crippen LogP contribution in [-0.4, -0.2) is 29.8 Å². The highest BCUT2D eigenvalue weighted by atomic mass is 19.1. The third-order valence-corrected chi connectivity index (χ3v) is 3.14. The minimum Gasteiger partial charge on any atom is -0.481 e. The minimum absolute atomic E-state index is 0.0436. The maximum absolute atomic E-state index is 13.3. The zero-order valence-corrected chi connectivity index (χ0v) is 11.6. The van der Waals surface area contributed by atoms with Gasteiger partial charge in [0.1, 0.15) is 5.82 Å². The lowest BCUT2D eigenvalue weighted by Crippen LogP contribution is -2.47. The Balaban J connectivity index is 2.54. The fourth-order valence-electron chi connectivity index (χ4n) is 1.68. The van der Waals surface area contributed by atoms with Gasteiger partial charge in [-0.1, -0.05) is 6.92 Å². The Morgan fingerprint density at radius 3 is 2.70 bits per heavy atom. The zero-order chi connectivity index (χ0) is 15.2. The molecular weight excluding hydrogens is 268 g/mol. The second-order valence-corrected chi connectivity index (χ2v) is 4.80. The maximum Gasteiger partial charge on any atom is 0.258 e. The van der Waals surface area contributed by atoms with Crippen molar-refractivity contribution in [1.82, 2.24) is 5.32 Å². The molecule has 20 heavy (non-hydrogen) atoms. The smallest absolute Gasteiger partial charge is 0.258 e. The van der Waals surface area contributed by atoms with Gasteiger partial charge in [-0.15, -0.1) is 0 Å². The summed E-state index contributed by atoms with van der Waals surface area (Å²) >= 11 is 0. The predicted octanol–water partition coefficient (Wildman–Crippen LogP) is 2.01. The lowest BCUT2D eigenvalue weighted by atomic mass is 9.95. The fourth-order valence-corrected chi connectivity index (χ4v) is 1.68. The van der Waals surface area contributed by atoms with Gasteiger partial charge in [-0.3, -0.25) is 4.79 Å². The molecule has 0 saturated heterocycles. The number of rotatable bonds is 7. The van der Waals surface area contributed by atoms with Gasteiger partial charge in [-0.2, -0.15) is 0 Å². The standard InChI is InChI=1S/C14H19F2NO3/c1-3-14(2,6-7-18)17-13(19)9-20-12-5-4-10(15)8-11(12)16/h4-5,8,18H,3,6-7,9H2,1-2H3,(H,17,19). The van der Waals surface area contributed by atoms with Crippen LogP contribution in [0.15, 0.2) is 18.2 Å². The third kappa shape index (κ3) is 4.77. The van der Waals surface area contributed by atoms with Gasteiger partial charge in [0, 0.05) is 18.2 Å². The van der Waals surface area contributed by atoms with Crippen molar-refractivity contribution in [3.8, 4) is 5.75 Å². The monoisotopic (exact) mass is 287 g/mol. The molecule has 0 fully saturated rings. The van der Waals surface area contributed by atoms with Gasteiger partial charge in [0.2, 0.25) is 0 Å². The van der Waals surface area contributed by atoms with E-state index < -0.39 is 23.1 Å². The normalized spacial score (nSPS) is 13.7. The van der Waals surface area contributed by atoms with Crippen molar-refractivity contribution in [3.05, 3.63) is 29.8 Å². The van der Waals surface area contributed by atoms with Gasteiger partial charge in [-0.05, 0) is 31.9 Å². The molecule has 0 aromatic heterocycles. The molecule has 0 radical (unpaired) electrons. The van der Waals surface area contributed by atoms with Crippen molar-refractivity contribution in [1.29, 1.82) is 0 Å². The average Bonchev–Trinajstić information content (AvgIpc) is 2.38. The fraction of sp³-hybridized carbons (Fsp3) is 0.500. The van der Waals surface area contributed by atoms with Crippen LogP contribution >= 0.6 is 0 Å². The van der Waals surface area contributed by atoms with E-state index in [1.807, 2.05) is 6.92 Å². The Bertz CT molecular complexity index is 468. The molecule has 2 N–H and O–H groups in total. The van der Waals surface area contributed by atoms with Crippen LogP contribution in [0.2, 0.25) is 0 Å². The van der Waals surface area contributed by atoms with Gasteiger partial charge in [-0.25, -0.2) is 8.78 Å². The number of amides is 1. The van der Waals surface area contributed by atoms with E-state index in [1.54, 1.807) is 6.92 Å². The summed E-state index contributed by atoms with van der Waals surface area (Å²) < 4.78 is 31.0. The molecular formula is C14H19F2NO3. The van der Waals surface area contributed by atoms with E-state index in [0.717, 1.165) is 12.1 Å². The highest BCUT2D eigenvalue weighted by Gasteiger charge is 2.23. The lowest BCUT2D eigenvalue weighted by Gasteiger charge is -2.28. The number of hydrogen-bond acceptors (Lipinski definition) is 3. The topological polar surface area (TPSA) is 58.6 Å². The Morgan fingerprint density at radius 1 is 1.45 bits per heavy atom. The minimum atomic E-state index is -0.855. The predicted molar refractivity (Wildman–Crippen MR) is 70.4 cm³/mol. The van der Waals surface area contributed by atoms with E-state index >= 15 is 0 Å². The summed E-state index contributed by atoms with van der Waals surface area (Å²) in [5.41, 5.74) is -0.531. The molecule has 0 aliphatic rings. The van der Waals surface area contributed by atoms with Gasteiger partial charge in [0.05, 0.1) is 0 Å². The largest absolute Gasteiger partial charge is 0.481 e. The van der Waals surface area contributed by atoms with Crippen LogP contribution < -0.4 is 10.1 Å². The van der Waals surface area contributed by atoms with E-state index in [9.17, 15) is 13.6 Å². The second kappa shape index (κ2) is 7.19. The van der Waals surface area contributed by atoms with Gasteiger partial charge < -0.3 is 15.2 Å². The first kappa shape index (κ1) is 16.4. The van der Waals surface area contributed by atoms with Crippen LogP contribution in [0.1, 0.15) is 26.7 Å². The highest BCUT2D eigenvalue weighted by Crippen LogP contribution is 2.18. The summed E-state index contributed by atoms with van der Waals surface area (Å²) in [6.07, 6.45) is 1.06. The number of nitrogens with one attached hydrogen (secondary N) is 1. The molecule has 0 spiro atoms. The number of halogens is 2. The average molecular weight is 287 g/mol. The van der Waals surface area contributed by atoms with Crippen LogP contribution in [0.4, 0.5) is 8.78 Å². The van der Waals surface area contributed by atoms with E-state index in [-0.39, 0.29) is 19.0 Å². The number of carbonyl (C=O) groups excluding carboxylic acids is 1. The van der Waals surface area contributed by atoms with Gasteiger partial charge in [0.25, 0.3) is 5.91 Å². The first-order chi connectivity index (χ1) is 9.40. The molecule has 0 aliphatic carbocycles. The van der Waals surface area contributed by atoms with Gasteiger partial charge in [0.15, 0.2) is 18.2 Å². The molecule has 0 heterocycles. The Labute approximate surface area is 116 Å². The molecule has 1 aromatic rings. The quantitative estimate of drug-likeness (QED) is 0.806. The molecule has 0 bridgehead atoms. The Hall–Kier alpha value is -1.69. The van der Waals surface area contributed by atoms with Gasteiger partial charge >= 0.3 is 0 Å². The number of carbonyl (C=O) groups is 1. The molecule has 0 saturated carbocycles. The number of aliphatic hydroxyl groups excluding tert-OH is 1. The third-order valence-electron chi connectivity index (χ3n) is 3.14. The molecule has 1 amide bonds. The first-order valence-corrected chi connectivity index (χ1v) is 6.40. The summed E-state index contributed by atoms with van der Waals surface area (Å²) in [4.78, 5) is 11.7. The van der Waals surface area contributed by atoms with E-state index in [2.05, 4.69) is 5.32 Å². The van der Waals surface area contributed by atoms with Crippen LogP contribution in [-0.2, 0) is 4.79 Å². The van der Waals surface area contributed by atoms with E-state index in [1.165, 1.54) is 0 Å². The first-order valence-electron chi connectivity index (χ1n) is 6.40. The highest BCUT2D eigenvalue weighted by molar-refractivity contribution is 5.78. The molecule has 1 aromatic carbocycles. The van der Waals surface area contributed by atoms with Crippen molar-refractivity contribution < 1.29 is 23.4 Å². The van der Waals surface area contributed by atoms with Crippen LogP contribution in [0.5, 0.6) is 5.75 Å². The molecule has 1 rings (SSSR count). The van der Waals surface area contributed by atoms with Crippen LogP contribution in [0.3, 0.4) is 0 Å². The van der Waals surface area contributed by atoms with Crippen LogP contribution in [0.25, 0.3) is 0 Å². The van der Waals surface area contributed by atoms with Crippen molar-refractivity contribution in [2.75, 3.05) is 13.2 Å². The number of hydrogen-bond donors (Lipinski definition) is 2. The van der Waals surface area contributed by atoms with Crippen molar-refractivity contribution in [3.63, 3.8) is 0 Å². The second-order valence-electron chi connectivity index (χ2n) is 4.80. The number of aliphatic hydroxyl groups is 1. The summed E-state index contributed by atoms with van der Waals surface area (Å²) in [5.74, 6) is -2.17. The van der Waals surface area contributed by atoms with E-state index in [0.29, 0.717) is 18.9 Å². The number of benzene rings is 1. The summed E-state index contributed by atoms with van der Waals surface area (Å²) in [6.45, 7) is 3.28. The van der Waals surface area contributed by atoms with Crippen molar-refractivity contribution in [2.45, 2.75) is 32.2 Å². The number of ether oxygens (including phenoxy) is 1. The zero-order valence-electron chi connectivity index (χ0n) is 11.6. The Kier molecular flexibility index (Phi) is 5.88. The molecule has 0 aliphatic heterocycles. The molecule has 1 unspecified atom stereocenters. The summed E-state index contributed by atoms with van der Waals surface area (Å²) in [6, 6.07) is 2.87. The summed E-state index contributed by atoms with van der Waals surface area (Å²) in [5, 5.41) is 11.7. The maximum atomic E-state index is 13.3. The SMILES string of the molecule is CCC(C)(CCO)NC(=O)COc1ccc(F)cc1F. The van der Waals surface area contributed by atoms with Crippen LogP contribution in [0, 0.1) is 11.6 Å². The van der Waals surface area contributed by atoms with Crippen molar-refractivity contribution >= 4 is 5.91 Å². The van der Waals surface area contributed by atoms with E-state index in [4.69, 9.17) is 9.84 Å². The summed E-state index contributed by atoms with van der Waals surface area (Å²) in [7, 11) is 0. The molecule has 1 atom stereocenters. The Morgan fingerprint density at radius 2 is 2.15 bits per heavy atom.